The first-order chi connectivity index (χ1) is 13.9. The molecule has 8 nitrogen and oxygen atoms in total. The Balaban J connectivity index is 2.13. The van der Waals surface area contributed by atoms with E-state index in [9.17, 15) is 14.4 Å². The smallest absolute Gasteiger partial charge is 0.316 e. The quantitative estimate of drug-likeness (QED) is 0.501. The molecule has 0 heterocycles. The van der Waals surface area contributed by atoms with E-state index in [1.165, 1.54) is 7.11 Å². The van der Waals surface area contributed by atoms with Crippen LogP contribution in [0.2, 0.25) is 0 Å². The summed E-state index contributed by atoms with van der Waals surface area (Å²) in [5, 5.41) is 7.99. The fraction of sp³-hybridized carbons (Fsp3) is 0.250. The van der Waals surface area contributed by atoms with Crippen molar-refractivity contribution >= 4 is 41.0 Å². The zero-order valence-corrected chi connectivity index (χ0v) is 17.0. The highest BCUT2D eigenvalue weighted by molar-refractivity contribution is 7.98. The van der Waals surface area contributed by atoms with Gasteiger partial charge in [-0.05, 0) is 48.8 Å². The Morgan fingerprint density at radius 1 is 1.07 bits per heavy atom. The fourth-order valence-corrected chi connectivity index (χ4v) is 3.09. The van der Waals surface area contributed by atoms with E-state index >= 15 is 0 Å². The zero-order valence-electron chi connectivity index (χ0n) is 16.2. The van der Waals surface area contributed by atoms with Crippen LogP contribution >= 0.6 is 11.8 Å². The highest BCUT2D eigenvalue weighted by Gasteiger charge is 2.23. The summed E-state index contributed by atoms with van der Waals surface area (Å²) in [4.78, 5) is 36.5. The Morgan fingerprint density at radius 2 is 1.76 bits per heavy atom. The monoisotopic (exact) mass is 416 g/mol. The third-order valence-electron chi connectivity index (χ3n) is 3.98. The van der Waals surface area contributed by atoms with Crippen LogP contribution < -0.4 is 26.4 Å². The number of para-hydroxylation sites is 1. The number of rotatable bonds is 9. The molecule has 0 aliphatic rings. The number of nitrogens with one attached hydrogen (secondary N) is 3. The lowest BCUT2D eigenvalue weighted by Gasteiger charge is -2.19. The van der Waals surface area contributed by atoms with Gasteiger partial charge in [-0.1, -0.05) is 18.2 Å². The second-order valence-corrected chi connectivity index (χ2v) is 7.05. The van der Waals surface area contributed by atoms with Crippen molar-refractivity contribution in [1.29, 1.82) is 0 Å². The van der Waals surface area contributed by atoms with Gasteiger partial charge in [-0.3, -0.25) is 9.59 Å². The van der Waals surface area contributed by atoms with Crippen molar-refractivity contribution in [1.82, 2.24) is 5.32 Å². The number of methoxy groups -OCH3 is 1. The van der Waals surface area contributed by atoms with Gasteiger partial charge in [0.1, 0.15) is 11.8 Å². The molecular weight excluding hydrogens is 392 g/mol. The van der Waals surface area contributed by atoms with Crippen LogP contribution in [-0.4, -0.2) is 43.0 Å². The summed E-state index contributed by atoms with van der Waals surface area (Å²) in [5.74, 6) is 0.360. The molecular formula is C20H24N4O4S. The second kappa shape index (κ2) is 11.0. The Bertz CT molecular complexity index is 875. The molecule has 0 fully saturated rings. The summed E-state index contributed by atoms with van der Waals surface area (Å²) in [6, 6.07) is 11.9. The largest absolute Gasteiger partial charge is 0.496 e. The number of carbonyl (C=O) groups excluding carboxylic acids is 3. The van der Waals surface area contributed by atoms with Crippen LogP contribution in [0.4, 0.5) is 16.2 Å². The summed E-state index contributed by atoms with van der Waals surface area (Å²) >= 11 is 1.58. The number of ether oxygens (including phenoxy) is 1. The third kappa shape index (κ3) is 6.72. The van der Waals surface area contributed by atoms with Crippen molar-refractivity contribution in [2.45, 2.75) is 12.5 Å². The van der Waals surface area contributed by atoms with Gasteiger partial charge >= 0.3 is 6.03 Å². The van der Waals surface area contributed by atoms with E-state index in [2.05, 4.69) is 16.0 Å². The molecule has 2 rings (SSSR count). The second-order valence-electron chi connectivity index (χ2n) is 6.07. The molecule has 2 aromatic rings. The van der Waals surface area contributed by atoms with E-state index in [0.29, 0.717) is 34.9 Å². The fourth-order valence-electron chi connectivity index (χ4n) is 2.62. The maximum atomic E-state index is 12.8. The minimum atomic E-state index is -0.743. The number of amides is 4. The number of hydrogen-bond donors (Lipinski definition) is 4. The number of benzene rings is 2. The first kappa shape index (κ1) is 22.1. The highest BCUT2D eigenvalue weighted by Crippen LogP contribution is 2.18. The molecule has 1 unspecified atom stereocenters. The lowest BCUT2D eigenvalue weighted by atomic mass is 10.1. The number of carbonyl (C=O) groups is 3. The van der Waals surface area contributed by atoms with Crippen LogP contribution in [0.5, 0.6) is 5.75 Å². The van der Waals surface area contributed by atoms with Gasteiger partial charge in [-0.15, -0.1) is 0 Å². The van der Waals surface area contributed by atoms with Crippen molar-refractivity contribution in [2.75, 3.05) is 29.8 Å². The maximum absolute atomic E-state index is 12.8. The molecule has 29 heavy (non-hydrogen) atoms. The number of urea groups is 1. The number of thioether (sulfide) groups is 1. The third-order valence-corrected chi connectivity index (χ3v) is 4.63. The van der Waals surface area contributed by atoms with Gasteiger partial charge in [-0.25, -0.2) is 4.79 Å². The molecule has 0 saturated carbocycles. The van der Waals surface area contributed by atoms with Crippen molar-refractivity contribution in [3.05, 3.63) is 54.1 Å². The van der Waals surface area contributed by atoms with Crippen LogP contribution in [0.25, 0.3) is 0 Å². The SMILES string of the molecule is COc1ccccc1C(=O)NC(CCSC)C(=O)Nc1cccc(NC(N)=O)c1. The van der Waals surface area contributed by atoms with Gasteiger partial charge < -0.3 is 26.4 Å². The summed E-state index contributed by atoms with van der Waals surface area (Å²) in [6.07, 6.45) is 2.38. The number of nitrogens with two attached hydrogens (primary N) is 1. The Morgan fingerprint density at radius 3 is 2.41 bits per heavy atom. The number of hydrogen-bond acceptors (Lipinski definition) is 5. The molecule has 0 aliphatic heterocycles. The summed E-state index contributed by atoms with van der Waals surface area (Å²) in [6.45, 7) is 0. The Labute approximate surface area is 173 Å². The van der Waals surface area contributed by atoms with Crippen LogP contribution in [0.3, 0.4) is 0 Å². The summed E-state index contributed by atoms with van der Waals surface area (Å²) < 4.78 is 5.22. The zero-order chi connectivity index (χ0) is 21.2. The Kier molecular flexibility index (Phi) is 8.35. The molecule has 0 aliphatic carbocycles. The molecule has 0 radical (unpaired) electrons. The van der Waals surface area contributed by atoms with E-state index < -0.39 is 18.0 Å². The van der Waals surface area contributed by atoms with Crippen molar-refractivity contribution in [2.24, 2.45) is 5.73 Å². The standard InChI is InChI=1S/C20H24N4O4S/c1-28-17-9-4-3-8-15(17)18(25)24-16(10-11-29-2)19(26)22-13-6-5-7-14(12-13)23-20(21)27/h3-9,12,16H,10-11H2,1-2H3,(H,22,26)(H,24,25)(H3,21,23,27). The molecule has 0 saturated heterocycles. The predicted molar refractivity (Wildman–Crippen MR) is 116 cm³/mol. The molecule has 5 N–H and O–H groups in total. The molecule has 0 spiro atoms. The van der Waals surface area contributed by atoms with E-state index in [1.54, 1.807) is 60.3 Å². The minimum absolute atomic E-state index is 0.351. The molecule has 1 atom stereocenters. The van der Waals surface area contributed by atoms with Gasteiger partial charge in [-0.2, -0.15) is 11.8 Å². The Hall–Kier alpha value is -3.20. The molecule has 2 aromatic carbocycles. The predicted octanol–water partition coefficient (Wildman–Crippen LogP) is 2.68. The van der Waals surface area contributed by atoms with E-state index in [4.69, 9.17) is 10.5 Å². The first-order valence-corrected chi connectivity index (χ1v) is 10.2. The average molecular weight is 417 g/mol. The van der Waals surface area contributed by atoms with Gasteiger partial charge in [0.25, 0.3) is 5.91 Å². The van der Waals surface area contributed by atoms with Gasteiger partial charge in [0.15, 0.2) is 0 Å². The minimum Gasteiger partial charge on any atom is -0.496 e. The molecule has 9 heteroatoms. The maximum Gasteiger partial charge on any atom is 0.316 e. The van der Waals surface area contributed by atoms with Crippen molar-refractivity contribution in [3.8, 4) is 5.75 Å². The summed E-state index contributed by atoms with van der Waals surface area (Å²) in [7, 11) is 1.48. The molecule has 4 amide bonds. The average Bonchev–Trinajstić information content (AvgIpc) is 2.70. The molecule has 0 aromatic heterocycles. The lowest BCUT2D eigenvalue weighted by molar-refractivity contribution is -0.118. The van der Waals surface area contributed by atoms with E-state index in [1.807, 2.05) is 6.26 Å². The topological polar surface area (TPSA) is 123 Å². The first-order valence-electron chi connectivity index (χ1n) is 8.84. The van der Waals surface area contributed by atoms with Crippen LogP contribution in [0.15, 0.2) is 48.5 Å². The lowest BCUT2D eigenvalue weighted by Crippen LogP contribution is -2.44. The van der Waals surface area contributed by atoms with Gasteiger partial charge in [0, 0.05) is 11.4 Å². The number of primary amides is 1. The molecule has 154 valence electrons. The van der Waals surface area contributed by atoms with Gasteiger partial charge in [0.2, 0.25) is 5.91 Å². The van der Waals surface area contributed by atoms with Crippen molar-refractivity contribution < 1.29 is 19.1 Å². The van der Waals surface area contributed by atoms with Crippen LogP contribution in [-0.2, 0) is 4.79 Å². The van der Waals surface area contributed by atoms with Crippen LogP contribution in [0, 0.1) is 0 Å². The summed E-state index contributed by atoms with van der Waals surface area (Å²) in [5.41, 5.74) is 6.39. The number of anilines is 2. The van der Waals surface area contributed by atoms with E-state index in [0.717, 1.165) is 0 Å². The normalized spacial score (nSPS) is 11.2. The van der Waals surface area contributed by atoms with E-state index in [-0.39, 0.29) is 5.91 Å². The van der Waals surface area contributed by atoms with Gasteiger partial charge in [0.05, 0.1) is 12.7 Å². The van der Waals surface area contributed by atoms with Crippen LogP contribution in [0.1, 0.15) is 16.8 Å². The van der Waals surface area contributed by atoms with Crippen molar-refractivity contribution in [3.63, 3.8) is 0 Å². The molecule has 0 bridgehead atoms. The highest BCUT2D eigenvalue weighted by atomic mass is 32.2.